The molecule has 1 atom stereocenters. The molecule has 2 aliphatic rings. The van der Waals surface area contributed by atoms with Gasteiger partial charge in [0.05, 0.1) is 12.1 Å². The van der Waals surface area contributed by atoms with Gasteiger partial charge >= 0.3 is 0 Å². The fourth-order valence-electron chi connectivity index (χ4n) is 3.83. The third-order valence-corrected chi connectivity index (χ3v) is 5.13. The van der Waals surface area contributed by atoms with Crippen LogP contribution < -0.4 is 4.90 Å². The van der Waals surface area contributed by atoms with E-state index in [4.69, 9.17) is 4.74 Å². The molecule has 0 aliphatic carbocycles. The molecule has 1 aromatic carbocycles. The fraction of sp³-hybridized carbons (Fsp3) is 0.526. The Kier molecular flexibility index (Phi) is 4.37. The minimum absolute atomic E-state index is 0.200. The molecule has 0 radical (unpaired) electrons. The van der Waals surface area contributed by atoms with Crippen LogP contribution in [0.1, 0.15) is 12.1 Å². The van der Waals surface area contributed by atoms with Gasteiger partial charge in [0.1, 0.15) is 5.82 Å². The summed E-state index contributed by atoms with van der Waals surface area (Å²) >= 11 is 0. The van der Waals surface area contributed by atoms with E-state index in [1.807, 2.05) is 6.92 Å². The van der Waals surface area contributed by atoms with Crippen molar-refractivity contribution in [3.63, 3.8) is 0 Å². The Morgan fingerprint density at radius 1 is 1.21 bits per heavy atom. The molecule has 4 rings (SSSR count). The lowest BCUT2D eigenvalue weighted by atomic mass is 10.1. The van der Waals surface area contributed by atoms with Gasteiger partial charge in [0.15, 0.2) is 0 Å². The second kappa shape index (κ2) is 6.65. The van der Waals surface area contributed by atoms with Gasteiger partial charge in [0.25, 0.3) is 0 Å². The topological polar surface area (TPSA) is 28.6 Å². The molecular weight excluding hydrogens is 305 g/mol. The lowest BCUT2D eigenvalue weighted by Crippen LogP contribution is -2.48. The first-order chi connectivity index (χ1) is 11.7. The number of piperazine rings is 1. The summed E-state index contributed by atoms with van der Waals surface area (Å²) in [7, 11) is 0. The van der Waals surface area contributed by atoms with E-state index < -0.39 is 0 Å². The molecule has 2 aromatic rings. The molecule has 4 nitrogen and oxygen atoms in total. The van der Waals surface area contributed by atoms with Gasteiger partial charge in [-0.25, -0.2) is 4.39 Å². The monoisotopic (exact) mass is 329 g/mol. The Bertz CT molecular complexity index is 722. The quantitative estimate of drug-likeness (QED) is 0.866. The minimum atomic E-state index is -0.200. The van der Waals surface area contributed by atoms with Crippen molar-refractivity contribution < 1.29 is 9.13 Å². The predicted octanol–water partition coefficient (Wildman–Crippen LogP) is 2.84. The molecule has 5 heteroatoms. The summed E-state index contributed by atoms with van der Waals surface area (Å²) in [5.74, 6) is 0.490. The Morgan fingerprint density at radius 2 is 2.04 bits per heavy atom. The van der Waals surface area contributed by atoms with Gasteiger partial charge in [-0.1, -0.05) is 0 Å². The van der Waals surface area contributed by atoms with Crippen molar-refractivity contribution in [2.75, 3.05) is 50.8 Å². The first-order valence-corrected chi connectivity index (χ1v) is 8.81. The summed E-state index contributed by atoms with van der Waals surface area (Å²) < 4.78 is 19.2. The van der Waals surface area contributed by atoms with Gasteiger partial charge < -0.3 is 9.64 Å². The number of anilines is 1. The summed E-state index contributed by atoms with van der Waals surface area (Å²) in [6, 6.07) is 6.96. The fourth-order valence-corrected chi connectivity index (χ4v) is 3.83. The summed E-state index contributed by atoms with van der Waals surface area (Å²) in [6.07, 6.45) is 1.19. The van der Waals surface area contributed by atoms with E-state index in [-0.39, 0.29) is 5.82 Å². The number of fused-ring (bicyclic) bond motifs is 1. The molecule has 0 saturated carbocycles. The number of nitrogens with zero attached hydrogens (tertiary/aromatic N) is 3. The zero-order valence-electron chi connectivity index (χ0n) is 14.2. The number of ether oxygens (including phenoxy) is 1. The zero-order valence-corrected chi connectivity index (χ0v) is 14.2. The van der Waals surface area contributed by atoms with E-state index in [0.717, 1.165) is 68.2 Å². The van der Waals surface area contributed by atoms with Crippen LogP contribution in [-0.4, -0.2) is 55.8 Å². The standard InChI is InChI=1S/C19H24FN3O/c1-14-10-19(17-11-16(20)2-3-18(17)21-14)23-7-5-22(6-8-23)12-15-4-9-24-13-15/h2-3,10-11,15H,4-9,12-13H2,1H3. The largest absolute Gasteiger partial charge is 0.381 e. The van der Waals surface area contributed by atoms with Gasteiger partial charge in [-0.3, -0.25) is 9.88 Å². The van der Waals surface area contributed by atoms with E-state index in [1.54, 1.807) is 12.1 Å². The van der Waals surface area contributed by atoms with Crippen LogP contribution >= 0.6 is 0 Å². The molecule has 0 spiro atoms. The maximum Gasteiger partial charge on any atom is 0.124 e. The number of aromatic nitrogens is 1. The second-order valence-electron chi connectivity index (χ2n) is 6.96. The lowest BCUT2D eigenvalue weighted by Gasteiger charge is -2.37. The Labute approximate surface area is 142 Å². The Balaban J connectivity index is 1.50. The van der Waals surface area contributed by atoms with Crippen molar-refractivity contribution in [3.05, 3.63) is 35.8 Å². The number of hydrogen-bond donors (Lipinski definition) is 0. The van der Waals surface area contributed by atoms with E-state index in [1.165, 1.54) is 12.5 Å². The lowest BCUT2D eigenvalue weighted by molar-refractivity contribution is 0.164. The van der Waals surface area contributed by atoms with Gasteiger partial charge in [-0.15, -0.1) is 0 Å². The van der Waals surface area contributed by atoms with Crippen LogP contribution in [-0.2, 0) is 4.74 Å². The molecule has 0 amide bonds. The van der Waals surface area contributed by atoms with Gasteiger partial charge in [0, 0.05) is 56.1 Å². The maximum atomic E-state index is 13.7. The smallest absolute Gasteiger partial charge is 0.124 e. The molecule has 24 heavy (non-hydrogen) atoms. The Hall–Kier alpha value is -1.72. The maximum absolute atomic E-state index is 13.7. The number of pyridine rings is 1. The van der Waals surface area contributed by atoms with Crippen LogP contribution in [0, 0.1) is 18.7 Å². The van der Waals surface area contributed by atoms with Crippen molar-refractivity contribution in [1.29, 1.82) is 0 Å². The molecule has 128 valence electrons. The zero-order chi connectivity index (χ0) is 16.5. The normalized spacial score (nSPS) is 22.4. The summed E-state index contributed by atoms with van der Waals surface area (Å²) in [5, 5.41) is 0.915. The highest BCUT2D eigenvalue weighted by molar-refractivity contribution is 5.92. The van der Waals surface area contributed by atoms with Crippen molar-refractivity contribution in [2.24, 2.45) is 5.92 Å². The third kappa shape index (κ3) is 3.23. The highest BCUT2D eigenvalue weighted by Crippen LogP contribution is 2.28. The number of rotatable bonds is 3. The predicted molar refractivity (Wildman–Crippen MR) is 94.0 cm³/mol. The van der Waals surface area contributed by atoms with Crippen molar-refractivity contribution in [1.82, 2.24) is 9.88 Å². The van der Waals surface area contributed by atoms with Gasteiger partial charge in [0.2, 0.25) is 0 Å². The van der Waals surface area contributed by atoms with Crippen molar-refractivity contribution in [3.8, 4) is 0 Å². The molecule has 2 aliphatic heterocycles. The Morgan fingerprint density at radius 3 is 2.79 bits per heavy atom. The van der Waals surface area contributed by atoms with Crippen LogP contribution in [0.5, 0.6) is 0 Å². The molecule has 1 aromatic heterocycles. The second-order valence-corrected chi connectivity index (χ2v) is 6.96. The first-order valence-electron chi connectivity index (χ1n) is 8.81. The molecule has 3 heterocycles. The molecule has 0 N–H and O–H groups in total. The average Bonchev–Trinajstić information content (AvgIpc) is 3.08. The van der Waals surface area contributed by atoms with Crippen molar-refractivity contribution >= 4 is 16.6 Å². The minimum Gasteiger partial charge on any atom is -0.381 e. The summed E-state index contributed by atoms with van der Waals surface area (Å²) in [5.41, 5.74) is 2.97. The molecule has 2 fully saturated rings. The van der Waals surface area contributed by atoms with Crippen LogP contribution in [0.3, 0.4) is 0 Å². The summed E-state index contributed by atoms with van der Waals surface area (Å²) in [6.45, 7) is 9.02. The SMILES string of the molecule is Cc1cc(N2CCN(CC3CCOC3)CC2)c2cc(F)ccc2n1. The number of benzene rings is 1. The van der Waals surface area contributed by atoms with E-state index >= 15 is 0 Å². The van der Waals surface area contributed by atoms with E-state index in [2.05, 4.69) is 20.9 Å². The summed E-state index contributed by atoms with van der Waals surface area (Å²) in [4.78, 5) is 9.45. The highest BCUT2D eigenvalue weighted by Gasteiger charge is 2.23. The molecule has 0 bridgehead atoms. The highest BCUT2D eigenvalue weighted by atomic mass is 19.1. The van der Waals surface area contributed by atoms with Crippen LogP contribution in [0.25, 0.3) is 10.9 Å². The van der Waals surface area contributed by atoms with E-state index in [9.17, 15) is 4.39 Å². The van der Waals surface area contributed by atoms with Gasteiger partial charge in [-0.05, 0) is 43.5 Å². The molecule has 2 saturated heterocycles. The third-order valence-electron chi connectivity index (χ3n) is 5.13. The average molecular weight is 329 g/mol. The van der Waals surface area contributed by atoms with Crippen LogP contribution in [0.4, 0.5) is 10.1 Å². The molecule has 1 unspecified atom stereocenters. The first kappa shape index (κ1) is 15.8. The molecular formula is C19H24FN3O. The number of halogens is 1. The van der Waals surface area contributed by atoms with E-state index in [0.29, 0.717) is 5.92 Å². The van der Waals surface area contributed by atoms with Crippen molar-refractivity contribution in [2.45, 2.75) is 13.3 Å². The van der Waals surface area contributed by atoms with Gasteiger partial charge in [-0.2, -0.15) is 0 Å². The van der Waals surface area contributed by atoms with Crippen LogP contribution in [0.15, 0.2) is 24.3 Å². The van der Waals surface area contributed by atoms with Crippen LogP contribution in [0.2, 0.25) is 0 Å². The number of hydrogen-bond acceptors (Lipinski definition) is 4. The number of aryl methyl sites for hydroxylation is 1.